The van der Waals surface area contributed by atoms with Gasteiger partial charge in [0.1, 0.15) is 0 Å². The molecule has 0 aromatic carbocycles. The molecule has 2 rings (SSSR count). The summed E-state index contributed by atoms with van der Waals surface area (Å²) in [5, 5.41) is 0. The summed E-state index contributed by atoms with van der Waals surface area (Å²) in [6, 6.07) is 0.218. The Hall–Kier alpha value is -1.59. The number of hydrogen-bond donors (Lipinski definition) is 1. The van der Waals surface area contributed by atoms with Crippen LogP contribution in [-0.2, 0) is 19.1 Å². The van der Waals surface area contributed by atoms with Crippen LogP contribution in [0, 0.1) is 17.8 Å². The largest absolute Gasteiger partial charge is 0.455 e. The fraction of sp³-hybridized carbons (Fsp3) is 0.800. The number of primary amides is 1. The molecule has 1 aliphatic carbocycles. The lowest BCUT2D eigenvalue weighted by Crippen LogP contribution is -2.45. The number of rotatable bonds is 4. The number of likely N-dealkylation sites (tertiary alicyclic amines) is 1. The summed E-state index contributed by atoms with van der Waals surface area (Å²) in [5.41, 5.74) is 4.95. The van der Waals surface area contributed by atoms with Crippen LogP contribution in [0.5, 0.6) is 0 Å². The van der Waals surface area contributed by atoms with E-state index >= 15 is 0 Å². The lowest BCUT2D eigenvalue weighted by Gasteiger charge is -2.39. The highest BCUT2D eigenvalue weighted by molar-refractivity contribution is 5.88. The quantitative estimate of drug-likeness (QED) is 0.773. The molecule has 2 aliphatic rings. The summed E-state index contributed by atoms with van der Waals surface area (Å²) in [4.78, 5) is 36.6. The molecule has 1 saturated heterocycles. The summed E-state index contributed by atoms with van der Waals surface area (Å²) in [7, 11) is 0. The van der Waals surface area contributed by atoms with Crippen molar-refractivity contribution in [2.45, 2.75) is 45.6 Å². The normalized spacial score (nSPS) is 33.0. The Kier molecular flexibility index (Phi) is 4.85. The first kappa shape index (κ1) is 15.8. The predicted octanol–water partition coefficient (Wildman–Crippen LogP) is 0.688. The van der Waals surface area contributed by atoms with Gasteiger partial charge in [0.2, 0.25) is 5.91 Å². The minimum absolute atomic E-state index is 0.0157. The molecule has 1 heterocycles. The molecule has 0 aromatic heterocycles. The second-order valence-corrected chi connectivity index (χ2v) is 6.36. The number of amides is 2. The highest BCUT2D eigenvalue weighted by atomic mass is 16.5. The Bertz CT molecular complexity index is 437. The maximum atomic E-state index is 12.2. The average Bonchev–Trinajstić information content (AvgIpc) is 2.81. The van der Waals surface area contributed by atoms with E-state index in [0.29, 0.717) is 18.4 Å². The van der Waals surface area contributed by atoms with Crippen molar-refractivity contribution >= 4 is 17.8 Å². The second kappa shape index (κ2) is 6.45. The first-order valence-electron chi connectivity index (χ1n) is 7.64. The summed E-state index contributed by atoms with van der Waals surface area (Å²) in [6.45, 7) is 4.38. The standard InChI is InChI=1S/C15H24N2O4/c1-9-4-3-5-12(10(9)2)17-7-11(6-14(17)19)15(20)21-8-13(16)18/h9-12H,3-8H2,1-2H3,(H2,16,18)/t9-,10-,11-,12-/m1/s1. The van der Waals surface area contributed by atoms with Gasteiger partial charge in [-0.05, 0) is 18.3 Å². The van der Waals surface area contributed by atoms with Gasteiger partial charge in [-0.2, -0.15) is 0 Å². The third-order valence-electron chi connectivity index (χ3n) is 4.91. The number of hydrogen-bond acceptors (Lipinski definition) is 4. The average molecular weight is 296 g/mol. The van der Waals surface area contributed by atoms with E-state index in [1.165, 1.54) is 6.42 Å². The zero-order valence-electron chi connectivity index (χ0n) is 12.7. The fourth-order valence-electron chi connectivity index (χ4n) is 3.46. The van der Waals surface area contributed by atoms with Crippen LogP contribution in [0.15, 0.2) is 0 Å². The van der Waals surface area contributed by atoms with Crippen LogP contribution in [0.3, 0.4) is 0 Å². The number of nitrogens with two attached hydrogens (primary N) is 1. The maximum absolute atomic E-state index is 12.2. The number of carbonyl (C=O) groups excluding carboxylic acids is 3. The van der Waals surface area contributed by atoms with Gasteiger partial charge in [-0.15, -0.1) is 0 Å². The maximum Gasteiger partial charge on any atom is 0.311 e. The molecule has 0 radical (unpaired) electrons. The molecule has 0 unspecified atom stereocenters. The topological polar surface area (TPSA) is 89.7 Å². The number of nitrogens with zero attached hydrogens (tertiary/aromatic N) is 1. The molecule has 0 aromatic rings. The minimum Gasteiger partial charge on any atom is -0.455 e. The molecule has 2 N–H and O–H groups in total. The van der Waals surface area contributed by atoms with Crippen LogP contribution in [-0.4, -0.2) is 41.9 Å². The van der Waals surface area contributed by atoms with Crippen LogP contribution in [0.25, 0.3) is 0 Å². The molecule has 0 bridgehead atoms. The van der Waals surface area contributed by atoms with Crippen molar-refractivity contribution in [3.63, 3.8) is 0 Å². The van der Waals surface area contributed by atoms with Crippen molar-refractivity contribution in [3.05, 3.63) is 0 Å². The van der Waals surface area contributed by atoms with E-state index in [4.69, 9.17) is 10.5 Å². The molecular formula is C15H24N2O4. The van der Waals surface area contributed by atoms with Gasteiger partial charge < -0.3 is 15.4 Å². The molecule has 4 atom stereocenters. The van der Waals surface area contributed by atoms with Crippen molar-refractivity contribution in [1.82, 2.24) is 4.90 Å². The Labute approximate surface area is 125 Å². The van der Waals surface area contributed by atoms with Gasteiger partial charge in [-0.1, -0.05) is 26.7 Å². The van der Waals surface area contributed by atoms with Crippen LogP contribution in [0.4, 0.5) is 0 Å². The SMILES string of the molecule is C[C@@H]1[C@H](C)CCC[C@H]1N1C[C@H](C(=O)OCC(N)=O)CC1=O. The first-order valence-corrected chi connectivity index (χ1v) is 7.64. The zero-order chi connectivity index (χ0) is 15.6. The number of carbonyl (C=O) groups is 3. The van der Waals surface area contributed by atoms with Crippen LogP contribution >= 0.6 is 0 Å². The summed E-state index contributed by atoms with van der Waals surface area (Å²) in [6.07, 6.45) is 3.50. The minimum atomic E-state index is -0.681. The first-order chi connectivity index (χ1) is 9.90. The van der Waals surface area contributed by atoms with E-state index in [2.05, 4.69) is 13.8 Å². The van der Waals surface area contributed by atoms with Gasteiger partial charge in [0.15, 0.2) is 6.61 Å². The van der Waals surface area contributed by atoms with E-state index in [-0.39, 0.29) is 18.4 Å². The number of ether oxygens (including phenoxy) is 1. The zero-order valence-corrected chi connectivity index (χ0v) is 12.7. The highest BCUT2D eigenvalue weighted by Crippen LogP contribution is 2.35. The number of esters is 1. The van der Waals surface area contributed by atoms with Crippen LogP contribution in [0.1, 0.15) is 39.5 Å². The van der Waals surface area contributed by atoms with E-state index in [1.54, 1.807) is 0 Å². The summed E-state index contributed by atoms with van der Waals surface area (Å²) in [5.74, 6) is -0.593. The highest BCUT2D eigenvalue weighted by Gasteiger charge is 2.42. The molecule has 0 spiro atoms. The summed E-state index contributed by atoms with van der Waals surface area (Å²) < 4.78 is 4.83. The molecular weight excluding hydrogens is 272 g/mol. The molecule has 1 saturated carbocycles. The van der Waals surface area contributed by atoms with Gasteiger partial charge in [0.05, 0.1) is 5.92 Å². The Morgan fingerprint density at radius 2 is 2.05 bits per heavy atom. The van der Waals surface area contributed by atoms with Gasteiger partial charge >= 0.3 is 5.97 Å². The van der Waals surface area contributed by atoms with E-state index in [1.807, 2.05) is 4.90 Å². The lowest BCUT2D eigenvalue weighted by molar-refractivity contribution is -0.151. The van der Waals surface area contributed by atoms with Crippen molar-refractivity contribution in [1.29, 1.82) is 0 Å². The molecule has 6 nitrogen and oxygen atoms in total. The van der Waals surface area contributed by atoms with Gasteiger partial charge in [0.25, 0.3) is 5.91 Å². The van der Waals surface area contributed by atoms with E-state index < -0.39 is 24.4 Å². The van der Waals surface area contributed by atoms with Crippen molar-refractivity contribution in [3.8, 4) is 0 Å². The fourth-order valence-corrected chi connectivity index (χ4v) is 3.46. The van der Waals surface area contributed by atoms with Crippen molar-refractivity contribution < 1.29 is 19.1 Å². The summed E-state index contributed by atoms with van der Waals surface area (Å²) >= 11 is 0. The smallest absolute Gasteiger partial charge is 0.311 e. The van der Waals surface area contributed by atoms with Crippen LogP contribution < -0.4 is 5.73 Å². The molecule has 1 aliphatic heterocycles. The lowest BCUT2D eigenvalue weighted by atomic mass is 9.77. The van der Waals surface area contributed by atoms with E-state index in [9.17, 15) is 14.4 Å². The van der Waals surface area contributed by atoms with Crippen molar-refractivity contribution in [2.75, 3.05) is 13.2 Å². The second-order valence-electron chi connectivity index (χ2n) is 6.36. The van der Waals surface area contributed by atoms with Crippen molar-refractivity contribution in [2.24, 2.45) is 23.5 Å². The Balaban J connectivity index is 1.96. The van der Waals surface area contributed by atoms with Gasteiger partial charge in [0, 0.05) is 19.0 Å². The molecule has 2 fully saturated rings. The third kappa shape index (κ3) is 3.54. The molecule has 2 amide bonds. The van der Waals surface area contributed by atoms with Crippen LogP contribution in [0.2, 0.25) is 0 Å². The monoisotopic (exact) mass is 296 g/mol. The van der Waals surface area contributed by atoms with Gasteiger partial charge in [-0.25, -0.2) is 0 Å². The van der Waals surface area contributed by atoms with E-state index in [0.717, 1.165) is 12.8 Å². The molecule has 21 heavy (non-hydrogen) atoms. The third-order valence-corrected chi connectivity index (χ3v) is 4.91. The predicted molar refractivity (Wildman–Crippen MR) is 75.9 cm³/mol. The Morgan fingerprint density at radius 3 is 2.71 bits per heavy atom. The Morgan fingerprint density at radius 1 is 1.33 bits per heavy atom. The molecule has 118 valence electrons. The van der Waals surface area contributed by atoms with Gasteiger partial charge in [-0.3, -0.25) is 14.4 Å². The molecule has 6 heteroatoms.